The Balaban J connectivity index is 1.97. The van der Waals surface area contributed by atoms with E-state index in [9.17, 15) is 4.79 Å². The number of amides is 1. The van der Waals surface area contributed by atoms with Crippen LogP contribution in [0.3, 0.4) is 0 Å². The molecule has 0 radical (unpaired) electrons. The number of piperazine rings is 1. The zero-order chi connectivity index (χ0) is 16.3. The normalized spacial score (nSPS) is 15.7. The summed E-state index contributed by atoms with van der Waals surface area (Å²) in [5, 5.41) is 0.393. The number of methoxy groups -OCH3 is 1. The van der Waals surface area contributed by atoms with E-state index in [0.717, 1.165) is 5.82 Å². The van der Waals surface area contributed by atoms with Gasteiger partial charge in [0.15, 0.2) is 0 Å². The number of nitrogens with zero attached hydrogens (tertiary/aromatic N) is 3. The maximum absolute atomic E-state index is 12.0. The summed E-state index contributed by atoms with van der Waals surface area (Å²) in [6, 6.07) is 3.51. The lowest BCUT2D eigenvalue weighted by Crippen LogP contribution is -2.50. The lowest BCUT2D eigenvalue weighted by atomic mass is 10.2. The van der Waals surface area contributed by atoms with E-state index < -0.39 is 5.60 Å². The fourth-order valence-corrected chi connectivity index (χ4v) is 2.38. The lowest BCUT2D eigenvalue weighted by Gasteiger charge is -2.36. The van der Waals surface area contributed by atoms with E-state index in [1.807, 2.05) is 26.8 Å². The number of rotatable bonds is 2. The molecule has 1 fully saturated rings. The van der Waals surface area contributed by atoms with Gasteiger partial charge in [-0.15, -0.1) is 0 Å². The molecule has 7 heteroatoms. The Hall–Kier alpha value is -1.69. The first-order chi connectivity index (χ1) is 10.3. The van der Waals surface area contributed by atoms with E-state index in [2.05, 4.69) is 9.88 Å². The second kappa shape index (κ2) is 6.60. The van der Waals surface area contributed by atoms with Crippen molar-refractivity contribution < 1.29 is 14.3 Å². The molecule has 1 aromatic rings. The first-order valence-electron chi connectivity index (χ1n) is 7.23. The highest BCUT2D eigenvalue weighted by molar-refractivity contribution is 6.29. The summed E-state index contributed by atoms with van der Waals surface area (Å²) in [6.45, 7) is 8.12. The summed E-state index contributed by atoms with van der Waals surface area (Å²) >= 11 is 6.00. The zero-order valence-corrected chi connectivity index (χ0v) is 14.2. The second-order valence-electron chi connectivity index (χ2n) is 6.14. The van der Waals surface area contributed by atoms with Crippen LogP contribution in [0.25, 0.3) is 0 Å². The van der Waals surface area contributed by atoms with Crippen molar-refractivity contribution in [1.29, 1.82) is 0 Å². The molecule has 0 aliphatic carbocycles. The van der Waals surface area contributed by atoms with Crippen molar-refractivity contribution in [3.63, 3.8) is 0 Å². The summed E-state index contributed by atoms with van der Waals surface area (Å²) in [5.74, 6) is 1.43. The number of pyridine rings is 1. The van der Waals surface area contributed by atoms with Crippen LogP contribution in [0.2, 0.25) is 5.15 Å². The average molecular weight is 328 g/mol. The number of ether oxygens (including phenoxy) is 2. The summed E-state index contributed by atoms with van der Waals surface area (Å²) in [6.07, 6.45) is -0.274. The van der Waals surface area contributed by atoms with Crippen molar-refractivity contribution in [2.75, 3.05) is 38.2 Å². The molecule has 0 spiro atoms. The minimum absolute atomic E-state index is 0.274. The van der Waals surface area contributed by atoms with Gasteiger partial charge in [0.1, 0.15) is 22.3 Å². The van der Waals surface area contributed by atoms with Crippen LogP contribution in [-0.2, 0) is 4.74 Å². The van der Waals surface area contributed by atoms with Crippen molar-refractivity contribution in [3.05, 3.63) is 17.3 Å². The molecule has 1 saturated heterocycles. The van der Waals surface area contributed by atoms with Crippen molar-refractivity contribution in [2.45, 2.75) is 26.4 Å². The van der Waals surface area contributed by atoms with E-state index in [1.54, 1.807) is 18.1 Å². The molecule has 1 aliphatic heterocycles. The summed E-state index contributed by atoms with van der Waals surface area (Å²) in [5.41, 5.74) is -0.476. The molecule has 0 saturated carbocycles. The SMILES string of the molecule is COc1cc(Cl)nc(N2CCN(C(=O)OC(C)(C)C)CC2)c1. The molecule has 2 rings (SSSR count). The predicted octanol–water partition coefficient (Wildman–Crippen LogP) is 2.80. The Morgan fingerprint density at radius 2 is 1.86 bits per heavy atom. The van der Waals surface area contributed by atoms with Crippen molar-refractivity contribution >= 4 is 23.5 Å². The van der Waals surface area contributed by atoms with Crippen LogP contribution in [0.15, 0.2) is 12.1 Å². The van der Waals surface area contributed by atoms with Crippen LogP contribution >= 0.6 is 11.6 Å². The van der Waals surface area contributed by atoms with Crippen LogP contribution in [-0.4, -0.2) is 54.9 Å². The van der Waals surface area contributed by atoms with Crippen molar-refractivity contribution in [2.24, 2.45) is 0 Å². The summed E-state index contributed by atoms with van der Waals surface area (Å²) in [4.78, 5) is 20.1. The maximum atomic E-state index is 12.0. The monoisotopic (exact) mass is 327 g/mol. The van der Waals surface area contributed by atoms with Gasteiger partial charge in [-0.2, -0.15) is 0 Å². The van der Waals surface area contributed by atoms with Gasteiger partial charge in [-0.3, -0.25) is 0 Å². The van der Waals surface area contributed by atoms with Gasteiger partial charge >= 0.3 is 6.09 Å². The highest BCUT2D eigenvalue weighted by atomic mass is 35.5. The van der Waals surface area contributed by atoms with Gasteiger partial charge in [0, 0.05) is 38.3 Å². The number of carbonyl (C=O) groups is 1. The van der Waals surface area contributed by atoms with Gasteiger partial charge in [0.05, 0.1) is 7.11 Å². The molecule has 1 amide bonds. The molecule has 122 valence electrons. The van der Waals surface area contributed by atoms with Crippen molar-refractivity contribution in [1.82, 2.24) is 9.88 Å². The molecule has 1 aliphatic rings. The first-order valence-corrected chi connectivity index (χ1v) is 7.61. The third-order valence-corrected chi connectivity index (χ3v) is 3.44. The standard InChI is InChI=1S/C15H22ClN3O3/c1-15(2,3)22-14(20)19-7-5-18(6-8-19)13-10-11(21-4)9-12(16)17-13/h9-10H,5-8H2,1-4H3. The predicted molar refractivity (Wildman–Crippen MR) is 85.8 cm³/mol. The molecule has 0 aromatic carbocycles. The van der Waals surface area contributed by atoms with Crippen LogP contribution in [0.1, 0.15) is 20.8 Å². The minimum atomic E-state index is -0.476. The third kappa shape index (κ3) is 4.40. The van der Waals surface area contributed by atoms with Gasteiger partial charge in [-0.05, 0) is 20.8 Å². The second-order valence-corrected chi connectivity index (χ2v) is 6.53. The number of hydrogen-bond donors (Lipinski definition) is 0. The van der Waals surface area contributed by atoms with E-state index >= 15 is 0 Å². The molecule has 2 heterocycles. The number of anilines is 1. The van der Waals surface area contributed by atoms with Crippen LogP contribution < -0.4 is 9.64 Å². The molecule has 0 N–H and O–H groups in total. The Bertz CT molecular complexity index is 537. The molecule has 6 nitrogen and oxygen atoms in total. The summed E-state index contributed by atoms with van der Waals surface area (Å²) in [7, 11) is 1.59. The van der Waals surface area contributed by atoms with E-state index in [1.165, 1.54) is 0 Å². The van der Waals surface area contributed by atoms with Gasteiger partial charge in [-0.1, -0.05) is 11.6 Å². The topological polar surface area (TPSA) is 54.9 Å². The number of carbonyl (C=O) groups excluding carboxylic acids is 1. The molecule has 0 bridgehead atoms. The van der Waals surface area contributed by atoms with E-state index in [4.69, 9.17) is 21.1 Å². The molecule has 22 heavy (non-hydrogen) atoms. The summed E-state index contributed by atoms with van der Waals surface area (Å²) < 4.78 is 10.6. The van der Waals surface area contributed by atoms with Crippen LogP contribution in [0, 0.1) is 0 Å². The van der Waals surface area contributed by atoms with Crippen LogP contribution in [0.4, 0.5) is 10.6 Å². The average Bonchev–Trinajstić information content (AvgIpc) is 2.45. The van der Waals surface area contributed by atoms with Gasteiger partial charge in [0.2, 0.25) is 0 Å². The Labute approximate surface area is 136 Å². The van der Waals surface area contributed by atoms with Gasteiger partial charge in [-0.25, -0.2) is 9.78 Å². The number of aromatic nitrogens is 1. The minimum Gasteiger partial charge on any atom is -0.497 e. The maximum Gasteiger partial charge on any atom is 0.410 e. The molecule has 0 unspecified atom stereocenters. The quantitative estimate of drug-likeness (QED) is 0.782. The zero-order valence-electron chi connectivity index (χ0n) is 13.4. The third-order valence-electron chi connectivity index (χ3n) is 3.25. The number of hydrogen-bond acceptors (Lipinski definition) is 5. The number of halogens is 1. The van der Waals surface area contributed by atoms with Gasteiger partial charge < -0.3 is 19.3 Å². The smallest absolute Gasteiger partial charge is 0.410 e. The van der Waals surface area contributed by atoms with E-state index in [-0.39, 0.29) is 6.09 Å². The highest BCUT2D eigenvalue weighted by Gasteiger charge is 2.26. The first kappa shape index (κ1) is 16.7. The molecule has 0 atom stereocenters. The molecule has 1 aromatic heterocycles. The highest BCUT2D eigenvalue weighted by Crippen LogP contribution is 2.24. The Morgan fingerprint density at radius 1 is 1.23 bits per heavy atom. The fourth-order valence-electron chi connectivity index (χ4n) is 2.18. The fraction of sp³-hybridized carbons (Fsp3) is 0.600. The van der Waals surface area contributed by atoms with Crippen molar-refractivity contribution in [3.8, 4) is 5.75 Å². The van der Waals surface area contributed by atoms with E-state index in [0.29, 0.717) is 37.1 Å². The van der Waals surface area contributed by atoms with Gasteiger partial charge in [0.25, 0.3) is 0 Å². The largest absolute Gasteiger partial charge is 0.497 e. The lowest BCUT2D eigenvalue weighted by molar-refractivity contribution is 0.0240. The Morgan fingerprint density at radius 3 is 2.41 bits per heavy atom. The Kier molecular flexibility index (Phi) is 5.01. The van der Waals surface area contributed by atoms with Crippen LogP contribution in [0.5, 0.6) is 5.75 Å². The molecular weight excluding hydrogens is 306 g/mol. The molecular formula is C15H22ClN3O3.